The molecule has 1 aliphatic carbocycles. The number of aromatic hydroxyl groups is 1. The zero-order valence-electron chi connectivity index (χ0n) is 10.9. The molecule has 3 heteroatoms. The summed E-state index contributed by atoms with van der Waals surface area (Å²) in [6, 6.07) is 3.65. The molecular formula is C15H20O3. The molecule has 0 radical (unpaired) electrons. The van der Waals surface area contributed by atoms with Crippen molar-refractivity contribution in [1.82, 2.24) is 0 Å². The number of phenols is 1. The molecule has 3 rings (SSSR count). The number of fused-ring (bicyclic) bond motifs is 1. The maximum atomic E-state index is 9.91. The van der Waals surface area contributed by atoms with Crippen molar-refractivity contribution >= 4 is 0 Å². The van der Waals surface area contributed by atoms with E-state index >= 15 is 0 Å². The van der Waals surface area contributed by atoms with Crippen LogP contribution < -0.4 is 9.47 Å². The summed E-state index contributed by atoms with van der Waals surface area (Å²) < 4.78 is 11.6. The predicted octanol–water partition coefficient (Wildman–Crippen LogP) is 3.43. The number of hydrogen-bond donors (Lipinski definition) is 1. The molecule has 98 valence electrons. The van der Waals surface area contributed by atoms with Gasteiger partial charge in [-0.15, -0.1) is 0 Å². The summed E-state index contributed by atoms with van der Waals surface area (Å²) in [5.41, 5.74) is 1.12. The summed E-state index contributed by atoms with van der Waals surface area (Å²) >= 11 is 0. The van der Waals surface area contributed by atoms with Crippen LogP contribution in [0.2, 0.25) is 0 Å². The van der Waals surface area contributed by atoms with Gasteiger partial charge in [0.25, 0.3) is 0 Å². The topological polar surface area (TPSA) is 38.7 Å². The maximum absolute atomic E-state index is 9.91. The highest BCUT2D eigenvalue weighted by Crippen LogP contribution is 2.46. The SMILES string of the molecule is CCOc1cc2c(cc1O)CC1(CCCCC1)O2. The number of rotatable bonds is 2. The molecule has 0 unspecified atom stereocenters. The van der Waals surface area contributed by atoms with Crippen LogP contribution in [-0.2, 0) is 6.42 Å². The van der Waals surface area contributed by atoms with Crippen molar-refractivity contribution in [3.8, 4) is 17.2 Å². The van der Waals surface area contributed by atoms with Gasteiger partial charge in [-0.1, -0.05) is 6.42 Å². The minimum absolute atomic E-state index is 0.00212. The molecule has 2 aliphatic rings. The van der Waals surface area contributed by atoms with Crippen molar-refractivity contribution < 1.29 is 14.6 Å². The van der Waals surface area contributed by atoms with Crippen LogP contribution in [0.3, 0.4) is 0 Å². The van der Waals surface area contributed by atoms with Crippen LogP contribution in [0.5, 0.6) is 17.2 Å². The largest absolute Gasteiger partial charge is 0.504 e. The maximum Gasteiger partial charge on any atom is 0.164 e. The van der Waals surface area contributed by atoms with E-state index < -0.39 is 0 Å². The third-order valence-electron chi connectivity index (χ3n) is 4.05. The summed E-state index contributed by atoms with van der Waals surface area (Å²) in [7, 11) is 0. The molecule has 0 amide bonds. The van der Waals surface area contributed by atoms with Gasteiger partial charge in [-0.3, -0.25) is 0 Å². The summed E-state index contributed by atoms with van der Waals surface area (Å²) in [5, 5.41) is 9.91. The molecule has 0 aromatic heterocycles. The van der Waals surface area contributed by atoms with Gasteiger partial charge >= 0.3 is 0 Å². The average molecular weight is 248 g/mol. The van der Waals surface area contributed by atoms with Gasteiger partial charge in [0.05, 0.1) is 6.61 Å². The van der Waals surface area contributed by atoms with Crippen LogP contribution in [0.25, 0.3) is 0 Å². The van der Waals surface area contributed by atoms with E-state index in [0.717, 1.165) is 30.6 Å². The third kappa shape index (κ3) is 1.92. The van der Waals surface area contributed by atoms with Crippen molar-refractivity contribution in [2.24, 2.45) is 0 Å². The van der Waals surface area contributed by atoms with Crippen molar-refractivity contribution in [2.45, 2.75) is 51.0 Å². The number of hydrogen-bond acceptors (Lipinski definition) is 3. The lowest BCUT2D eigenvalue weighted by Crippen LogP contribution is -2.36. The molecule has 1 spiro atoms. The van der Waals surface area contributed by atoms with Crippen LogP contribution in [0.15, 0.2) is 12.1 Å². The zero-order valence-corrected chi connectivity index (χ0v) is 10.9. The second kappa shape index (κ2) is 4.38. The monoisotopic (exact) mass is 248 g/mol. The minimum Gasteiger partial charge on any atom is -0.504 e. The molecule has 1 fully saturated rings. The molecule has 1 aromatic carbocycles. The first-order valence-corrected chi connectivity index (χ1v) is 6.90. The van der Waals surface area contributed by atoms with Gasteiger partial charge < -0.3 is 14.6 Å². The van der Waals surface area contributed by atoms with Gasteiger partial charge in [-0.2, -0.15) is 0 Å². The molecule has 1 heterocycles. The quantitative estimate of drug-likeness (QED) is 0.871. The number of phenolic OH excluding ortho intramolecular Hbond substituents is 1. The van der Waals surface area contributed by atoms with Gasteiger partial charge in [-0.25, -0.2) is 0 Å². The Morgan fingerprint density at radius 1 is 1.28 bits per heavy atom. The van der Waals surface area contributed by atoms with E-state index in [-0.39, 0.29) is 11.4 Å². The fourth-order valence-corrected chi connectivity index (χ4v) is 3.19. The van der Waals surface area contributed by atoms with Crippen molar-refractivity contribution in [2.75, 3.05) is 6.61 Å². The fraction of sp³-hybridized carbons (Fsp3) is 0.600. The fourth-order valence-electron chi connectivity index (χ4n) is 3.19. The molecule has 1 aromatic rings. The van der Waals surface area contributed by atoms with Crippen LogP contribution >= 0.6 is 0 Å². The van der Waals surface area contributed by atoms with Crippen molar-refractivity contribution in [3.63, 3.8) is 0 Å². The van der Waals surface area contributed by atoms with Gasteiger partial charge in [0.1, 0.15) is 11.4 Å². The van der Waals surface area contributed by atoms with E-state index in [1.54, 1.807) is 0 Å². The highest BCUT2D eigenvalue weighted by atomic mass is 16.5. The van der Waals surface area contributed by atoms with E-state index in [1.165, 1.54) is 19.3 Å². The van der Waals surface area contributed by atoms with Crippen molar-refractivity contribution in [3.05, 3.63) is 17.7 Å². The Kier molecular flexibility index (Phi) is 2.84. The Balaban J connectivity index is 1.88. The zero-order chi connectivity index (χ0) is 12.6. The average Bonchev–Trinajstić information content (AvgIpc) is 2.67. The molecule has 3 nitrogen and oxygen atoms in total. The molecule has 0 bridgehead atoms. The Bertz CT molecular complexity index is 447. The van der Waals surface area contributed by atoms with Gasteiger partial charge in [0.15, 0.2) is 11.5 Å². The molecule has 18 heavy (non-hydrogen) atoms. The lowest BCUT2D eigenvalue weighted by atomic mass is 9.82. The van der Waals surface area contributed by atoms with E-state index in [2.05, 4.69) is 0 Å². The lowest BCUT2D eigenvalue weighted by Gasteiger charge is -2.32. The third-order valence-corrected chi connectivity index (χ3v) is 4.05. The van der Waals surface area contributed by atoms with Crippen molar-refractivity contribution in [1.29, 1.82) is 0 Å². The number of ether oxygens (including phenoxy) is 2. The van der Waals surface area contributed by atoms with E-state index in [0.29, 0.717) is 12.4 Å². The van der Waals surface area contributed by atoms with Gasteiger partial charge in [0.2, 0.25) is 0 Å². The molecule has 1 aliphatic heterocycles. The Labute approximate surface area is 108 Å². The van der Waals surface area contributed by atoms with Crippen LogP contribution in [0.1, 0.15) is 44.6 Å². The highest BCUT2D eigenvalue weighted by Gasteiger charge is 2.40. The first-order chi connectivity index (χ1) is 8.72. The standard InChI is InChI=1S/C15H20O3/c1-2-17-14-9-13-11(8-12(14)16)10-15(18-13)6-4-3-5-7-15/h8-9,16H,2-7,10H2,1H3. The molecular weight excluding hydrogens is 228 g/mol. The second-order valence-corrected chi connectivity index (χ2v) is 5.38. The Hall–Kier alpha value is -1.38. The molecule has 0 saturated heterocycles. The normalized spacial score (nSPS) is 20.5. The van der Waals surface area contributed by atoms with Gasteiger partial charge in [-0.05, 0) is 38.7 Å². The highest BCUT2D eigenvalue weighted by molar-refractivity contribution is 5.52. The molecule has 1 saturated carbocycles. The van der Waals surface area contributed by atoms with Gasteiger partial charge in [0, 0.05) is 18.1 Å². The van der Waals surface area contributed by atoms with E-state index in [9.17, 15) is 5.11 Å². The predicted molar refractivity (Wildman–Crippen MR) is 69.4 cm³/mol. The lowest BCUT2D eigenvalue weighted by molar-refractivity contribution is 0.0527. The summed E-state index contributed by atoms with van der Waals surface area (Å²) in [5.74, 6) is 1.66. The van der Waals surface area contributed by atoms with E-state index in [1.807, 2.05) is 19.1 Å². The summed E-state index contributed by atoms with van der Waals surface area (Å²) in [6.45, 7) is 2.47. The van der Waals surface area contributed by atoms with E-state index in [4.69, 9.17) is 9.47 Å². The first kappa shape index (κ1) is 11.7. The smallest absolute Gasteiger partial charge is 0.164 e. The number of benzene rings is 1. The summed E-state index contributed by atoms with van der Waals surface area (Å²) in [6.07, 6.45) is 7.01. The molecule has 0 atom stereocenters. The van der Waals surface area contributed by atoms with Crippen LogP contribution in [-0.4, -0.2) is 17.3 Å². The van der Waals surface area contributed by atoms with Crippen LogP contribution in [0, 0.1) is 0 Å². The Morgan fingerprint density at radius 2 is 2.06 bits per heavy atom. The second-order valence-electron chi connectivity index (χ2n) is 5.38. The molecule has 1 N–H and O–H groups in total. The van der Waals surface area contributed by atoms with Crippen LogP contribution in [0.4, 0.5) is 0 Å². The summed E-state index contributed by atoms with van der Waals surface area (Å²) in [4.78, 5) is 0. The first-order valence-electron chi connectivity index (χ1n) is 6.90. The minimum atomic E-state index is -0.00212. The Morgan fingerprint density at radius 3 is 2.78 bits per heavy atom.